The normalized spacial score (nSPS) is 21.0. The van der Waals surface area contributed by atoms with Crippen molar-refractivity contribution in [3.8, 4) is 11.8 Å². The van der Waals surface area contributed by atoms with Crippen molar-refractivity contribution in [2.75, 3.05) is 39.4 Å². The molecule has 2 aliphatic rings. The van der Waals surface area contributed by atoms with Gasteiger partial charge in [0, 0.05) is 19.0 Å². The van der Waals surface area contributed by atoms with Crippen molar-refractivity contribution in [1.29, 1.82) is 0 Å². The maximum Gasteiger partial charge on any atom is 0.223 e. The number of hydrogen-bond acceptors (Lipinski definition) is 3. The average Bonchev–Trinajstić information content (AvgIpc) is 3.13. The molecule has 0 atom stereocenters. The maximum absolute atomic E-state index is 11.3. The number of rotatable bonds is 3. The molecule has 16 heavy (non-hydrogen) atoms. The summed E-state index contributed by atoms with van der Waals surface area (Å²) in [6.07, 6.45) is 2.10. The van der Waals surface area contributed by atoms with Crippen LogP contribution in [0.2, 0.25) is 0 Å². The Labute approximate surface area is 96.3 Å². The summed E-state index contributed by atoms with van der Waals surface area (Å²) in [5.74, 6) is 6.50. The summed E-state index contributed by atoms with van der Waals surface area (Å²) < 4.78 is 5.25. The first kappa shape index (κ1) is 11.4. The molecule has 1 aliphatic heterocycles. The fourth-order valence-corrected chi connectivity index (χ4v) is 1.61. The van der Waals surface area contributed by atoms with Gasteiger partial charge in [-0.2, -0.15) is 0 Å². The van der Waals surface area contributed by atoms with E-state index in [1.54, 1.807) is 0 Å². The van der Waals surface area contributed by atoms with E-state index in [4.69, 9.17) is 4.74 Å². The lowest BCUT2D eigenvalue weighted by Crippen LogP contribution is -2.36. The Balaban J connectivity index is 1.56. The van der Waals surface area contributed by atoms with Crippen LogP contribution in [0, 0.1) is 17.8 Å². The second-order valence-electron chi connectivity index (χ2n) is 4.23. The fraction of sp³-hybridized carbons (Fsp3) is 0.750. The minimum Gasteiger partial charge on any atom is -0.379 e. The molecule has 0 aromatic heterocycles. The highest BCUT2D eigenvalue weighted by atomic mass is 16.5. The molecule has 0 unspecified atom stereocenters. The van der Waals surface area contributed by atoms with Crippen LogP contribution in [-0.2, 0) is 9.53 Å². The second kappa shape index (κ2) is 5.88. The average molecular weight is 222 g/mol. The van der Waals surface area contributed by atoms with Crippen LogP contribution in [0.25, 0.3) is 0 Å². The maximum atomic E-state index is 11.3. The van der Waals surface area contributed by atoms with Gasteiger partial charge in [0.05, 0.1) is 26.3 Å². The Hall–Kier alpha value is -1.05. The van der Waals surface area contributed by atoms with Crippen molar-refractivity contribution >= 4 is 5.91 Å². The number of carbonyl (C=O) groups is 1. The van der Waals surface area contributed by atoms with Crippen molar-refractivity contribution in [2.24, 2.45) is 5.92 Å². The molecule has 4 heteroatoms. The summed E-state index contributed by atoms with van der Waals surface area (Å²) in [5, 5.41) is 2.83. The first-order chi connectivity index (χ1) is 7.86. The van der Waals surface area contributed by atoms with Gasteiger partial charge in [0.15, 0.2) is 0 Å². The molecular formula is C12H18N2O2. The molecule has 1 amide bonds. The highest BCUT2D eigenvalue weighted by Crippen LogP contribution is 2.28. The number of morpholine rings is 1. The molecular weight excluding hydrogens is 204 g/mol. The third kappa shape index (κ3) is 3.84. The van der Waals surface area contributed by atoms with Gasteiger partial charge in [-0.05, 0) is 12.8 Å². The van der Waals surface area contributed by atoms with E-state index < -0.39 is 0 Å². The summed E-state index contributed by atoms with van der Waals surface area (Å²) in [5.41, 5.74) is 0. The molecule has 2 fully saturated rings. The molecule has 1 saturated carbocycles. The highest BCUT2D eigenvalue weighted by Gasteiger charge is 2.28. The fourth-order valence-electron chi connectivity index (χ4n) is 1.61. The zero-order valence-electron chi connectivity index (χ0n) is 9.50. The van der Waals surface area contributed by atoms with Crippen LogP contribution in [0.5, 0.6) is 0 Å². The van der Waals surface area contributed by atoms with Gasteiger partial charge in [-0.1, -0.05) is 11.8 Å². The number of hydrogen-bond donors (Lipinski definition) is 1. The van der Waals surface area contributed by atoms with Crippen LogP contribution in [0.15, 0.2) is 0 Å². The Bertz CT molecular complexity index is 296. The molecule has 88 valence electrons. The summed E-state index contributed by atoms with van der Waals surface area (Å²) >= 11 is 0. The molecule has 1 saturated heterocycles. The van der Waals surface area contributed by atoms with Crippen molar-refractivity contribution in [2.45, 2.75) is 12.8 Å². The zero-order valence-corrected chi connectivity index (χ0v) is 9.50. The molecule has 1 N–H and O–H groups in total. The molecule has 1 aliphatic carbocycles. The van der Waals surface area contributed by atoms with E-state index >= 15 is 0 Å². The summed E-state index contributed by atoms with van der Waals surface area (Å²) in [7, 11) is 0. The van der Waals surface area contributed by atoms with E-state index in [0.717, 1.165) is 45.7 Å². The van der Waals surface area contributed by atoms with Gasteiger partial charge < -0.3 is 10.1 Å². The molecule has 2 rings (SSSR count). The number of ether oxygens (including phenoxy) is 1. The summed E-state index contributed by atoms with van der Waals surface area (Å²) in [6.45, 7) is 4.80. The van der Waals surface area contributed by atoms with Gasteiger partial charge in [-0.25, -0.2) is 0 Å². The molecule has 4 nitrogen and oxygen atoms in total. The number of carbonyl (C=O) groups excluding carboxylic acids is 1. The van der Waals surface area contributed by atoms with E-state index in [1.807, 2.05) is 0 Å². The van der Waals surface area contributed by atoms with Gasteiger partial charge in [-0.3, -0.25) is 9.69 Å². The lowest BCUT2D eigenvalue weighted by molar-refractivity contribution is -0.122. The van der Waals surface area contributed by atoms with E-state index in [-0.39, 0.29) is 11.8 Å². The number of nitrogens with zero attached hydrogens (tertiary/aromatic N) is 1. The molecule has 0 radical (unpaired) electrons. The van der Waals surface area contributed by atoms with Crippen LogP contribution >= 0.6 is 0 Å². The Kier molecular flexibility index (Phi) is 4.20. The van der Waals surface area contributed by atoms with Crippen LogP contribution in [0.3, 0.4) is 0 Å². The largest absolute Gasteiger partial charge is 0.379 e. The van der Waals surface area contributed by atoms with Gasteiger partial charge >= 0.3 is 0 Å². The minimum atomic E-state index is 0.167. The van der Waals surface area contributed by atoms with Gasteiger partial charge in [0.2, 0.25) is 5.91 Å². The van der Waals surface area contributed by atoms with Crippen LogP contribution in [0.4, 0.5) is 0 Å². The quantitative estimate of drug-likeness (QED) is 0.675. The van der Waals surface area contributed by atoms with Crippen LogP contribution < -0.4 is 5.32 Å². The lowest BCUT2D eigenvalue weighted by atomic mass is 10.4. The first-order valence-electron chi connectivity index (χ1n) is 5.90. The lowest BCUT2D eigenvalue weighted by Gasteiger charge is -2.24. The smallest absolute Gasteiger partial charge is 0.223 e. The zero-order chi connectivity index (χ0) is 11.2. The Morgan fingerprint density at radius 3 is 2.75 bits per heavy atom. The third-order valence-corrected chi connectivity index (χ3v) is 2.83. The second-order valence-corrected chi connectivity index (χ2v) is 4.23. The topological polar surface area (TPSA) is 41.6 Å². The Morgan fingerprint density at radius 1 is 1.31 bits per heavy atom. The standard InChI is InChI=1S/C12H18N2O2/c15-12(11-3-4-11)13-5-1-2-6-14-7-9-16-10-8-14/h11H,3-10H2,(H,13,15). The SMILES string of the molecule is O=C(NCC#CCN1CCOCC1)C1CC1. The van der Waals surface area contributed by atoms with Gasteiger partial charge in [0.1, 0.15) is 0 Å². The van der Waals surface area contributed by atoms with E-state index in [0.29, 0.717) is 6.54 Å². The van der Waals surface area contributed by atoms with Crippen LogP contribution in [-0.4, -0.2) is 50.2 Å². The molecule has 1 heterocycles. The van der Waals surface area contributed by atoms with Gasteiger partial charge in [-0.15, -0.1) is 0 Å². The van der Waals surface area contributed by atoms with E-state index in [1.165, 1.54) is 0 Å². The predicted octanol–water partition coefficient (Wildman–Crippen LogP) is -0.152. The molecule has 0 aromatic carbocycles. The third-order valence-electron chi connectivity index (χ3n) is 2.83. The predicted molar refractivity (Wildman–Crippen MR) is 60.8 cm³/mol. The van der Waals surface area contributed by atoms with Crippen molar-refractivity contribution in [3.63, 3.8) is 0 Å². The van der Waals surface area contributed by atoms with E-state index in [9.17, 15) is 4.79 Å². The molecule has 0 bridgehead atoms. The van der Waals surface area contributed by atoms with Gasteiger partial charge in [0.25, 0.3) is 0 Å². The van der Waals surface area contributed by atoms with Crippen molar-refractivity contribution < 1.29 is 9.53 Å². The number of nitrogens with one attached hydrogen (secondary N) is 1. The monoisotopic (exact) mass is 222 g/mol. The molecule has 0 spiro atoms. The highest BCUT2D eigenvalue weighted by molar-refractivity contribution is 5.81. The summed E-state index contributed by atoms with van der Waals surface area (Å²) in [6, 6.07) is 0. The van der Waals surface area contributed by atoms with Crippen molar-refractivity contribution in [1.82, 2.24) is 10.2 Å². The molecule has 0 aromatic rings. The summed E-state index contributed by atoms with van der Waals surface area (Å²) in [4.78, 5) is 13.5. The van der Waals surface area contributed by atoms with Crippen molar-refractivity contribution in [3.05, 3.63) is 0 Å². The number of amides is 1. The minimum absolute atomic E-state index is 0.167. The van der Waals surface area contributed by atoms with Crippen LogP contribution in [0.1, 0.15) is 12.8 Å². The van der Waals surface area contributed by atoms with E-state index in [2.05, 4.69) is 22.1 Å². The Morgan fingerprint density at radius 2 is 2.06 bits per heavy atom. The first-order valence-corrected chi connectivity index (χ1v) is 5.90.